The number of fused-ring (bicyclic) bond motifs is 1. The number of pyridine rings is 1. The van der Waals surface area contributed by atoms with Crippen molar-refractivity contribution in [1.29, 1.82) is 5.26 Å². The zero-order chi connectivity index (χ0) is 13.4. The highest BCUT2D eigenvalue weighted by molar-refractivity contribution is 6.30. The van der Waals surface area contributed by atoms with Crippen LogP contribution in [0.25, 0.3) is 16.9 Å². The predicted octanol–water partition coefficient (Wildman–Crippen LogP) is 3.67. The standard InChI is InChI=1S/C14H7ClFN3/c15-10-5-6-19-12(8-17)14(18-13(19)7-10)9-1-3-11(16)4-2-9/h1-7H. The minimum atomic E-state index is -0.325. The van der Waals surface area contributed by atoms with Crippen LogP contribution in [-0.2, 0) is 0 Å². The first kappa shape index (κ1) is 11.7. The summed E-state index contributed by atoms with van der Waals surface area (Å²) in [5, 5.41) is 9.82. The summed E-state index contributed by atoms with van der Waals surface area (Å²) < 4.78 is 14.6. The number of hydrogen-bond donors (Lipinski definition) is 0. The lowest BCUT2D eigenvalue weighted by atomic mass is 10.1. The Hall–Kier alpha value is -2.38. The smallest absolute Gasteiger partial charge is 0.152 e. The molecule has 0 aliphatic heterocycles. The van der Waals surface area contributed by atoms with Crippen LogP contribution in [0.4, 0.5) is 4.39 Å². The van der Waals surface area contributed by atoms with Crippen LogP contribution in [0.1, 0.15) is 5.69 Å². The van der Waals surface area contributed by atoms with Gasteiger partial charge >= 0.3 is 0 Å². The van der Waals surface area contributed by atoms with Crippen LogP contribution in [0.3, 0.4) is 0 Å². The molecule has 0 N–H and O–H groups in total. The fraction of sp³-hybridized carbons (Fsp3) is 0. The summed E-state index contributed by atoms with van der Waals surface area (Å²) in [6, 6.07) is 11.4. The average molecular weight is 272 g/mol. The van der Waals surface area contributed by atoms with Gasteiger partial charge in [-0.3, -0.25) is 4.40 Å². The van der Waals surface area contributed by atoms with Gasteiger partial charge in [0.1, 0.15) is 23.2 Å². The summed E-state index contributed by atoms with van der Waals surface area (Å²) >= 11 is 5.90. The van der Waals surface area contributed by atoms with Gasteiger partial charge in [-0.15, -0.1) is 0 Å². The first-order valence-electron chi connectivity index (χ1n) is 5.52. The van der Waals surface area contributed by atoms with E-state index in [0.29, 0.717) is 27.6 Å². The van der Waals surface area contributed by atoms with E-state index in [4.69, 9.17) is 11.6 Å². The third-order valence-corrected chi connectivity index (χ3v) is 3.05. The highest BCUT2D eigenvalue weighted by atomic mass is 35.5. The Labute approximate surface area is 113 Å². The molecule has 3 nitrogen and oxygen atoms in total. The summed E-state index contributed by atoms with van der Waals surface area (Å²) in [6.45, 7) is 0. The van der Waals surface area contributed by atoms with Crippen LogP contribution in [0, 0.1) is 17.1 Å². The summed E-state index contributed by atoms with van der Waals surface area (Å²) in [6.07, 6.45) is 1.69. The molecule has 0 atom stereocenters. The molecule has 0 bridgehead atoms. The molecule has 0 amide bonds. The van der Waals surface area contributed by atoms with Gasteiger partial charge in [0.2, 0.25) is 0 Å². The van der Waals surface area contributed by atoms with Crippen molar-refractivity contribution in [2.45, 2.75) is 0 Å². The fourth-order valence-corrected chi connectivity index (χ4v) is 2.09. The van der Waals surface area contributed by atoms with E-state index in [1.165, 1.54) is 12.1 Å². The van der Waals surface area contributed by atoms with Crippen molar-refractivity contribution in [3.05, 3.63) is 59.1 Å². The highest BCUT2D eigenvalue weighted by Crippen LogP contribution is 2.25. The number of aromatic nitrogens is 2. The molecule has 0 spiro atoms. The van der Waals surface area contributed by atoms with E-state index in [1.54, 1.807) is 34.9 Å². The summed E-state index contributed by atoms with van der Waals surface area (Å²) in [5.74, 6) is -0.325. The van der Waals surface area contributed by atoms with E-state index >= 15 is 0 Å². The number of rotatable bonds is 1. The predicted molar refractivity (Wildman–Crippen MR) is 70.3 cm³/mol. The Morgan fingerprint density at radius 3 is 2.63 bits per heavy atom. The third-order valence-electron chi connectivity index (χ3n) is 2.81. The molecule has 19 heavy (non-hydrogen) atoms. The van der Waals surface area contributed by atoms with Crippen LogP contribution < -0.4 is 0 Å². The normalized spacial score (nSPS) is 10.6. The van der Waals surface area contributed by atoms with Gasteiger partial charge in [0.05, 0.1) is 0 Å². The van der Waals surface area contributed by atoms with E-state index in [-0.39, 0.29) is 5.82 Å². The molecule has 5 heteroatoms. The Balaban J connectivity index is 2.29. The van der Waals surface area contributed by atoms with Gasteiger partial charge in [0.25, 0.3) is 0 Å². The van der Waals surface area contributed by atoms with Crippen LogP contribution in [-0.4, -0.2) is 9.38 Å². The topological polar surface area (TPSA) is 41.1 Å². The largest absolute Gasteiger partial charge is 0.291 e. The van der Waals surface area contributed by atoms with Crippen LogP contribution in [0.2, 0.25) is 5.02 Å². The molecule has 0 saturated carbocycles. The van der Waals surface area contributed by atoms with E-state index in [0.717, 1.165) is 0 Å². The molecule has 2 heterocycles. The lowest BCUT2D eigenvalue weighted by molar-refractivity contribution is 0.628. The van der Waals surface area contributed by atoms with Gasteiger partial charge in [-0.05, 0) is 30.3 Å². The van der Waals surface area contributed by atoms with Crippen molar-refractivity contribution in [1.82, 2.24) is 9.38 Å². The van der Waals surface area contributed by atoms with Crippen molar-refractivity contribution < 1.29 is 4.39 Å². The average Bonchev–Trinajstić information content (AvgIpc) is 2.77. The second kappa shape index (κ2) is 4.38. The van der Waals surface area contributed by atoms with Crippen LogP contribution in [0.15, 0.2) is 42.6 Å². The van der Waals surface area contributed by atoms with Gasteiger partial charge < -0.3 is 0 Å². The number of benzene rings is 1. The van der Waals surface area contributed by atoms with Crippen molar-refractivity contribution in [3.8, 4) is 17.3 Å². The first-order chi connectivity index (χ1) is 9.19. The molecule has 2 aromatic heterocycles. The van der Waals surface area contributed by atoms with Gasteiger partial charge in [-0.1, -0.05) is 11.6 Å². The fourth-order valence-electron chi connectivity index (χ4n) is 1.94. The molecule has 0 aliphatic rings. The van der Waals surface area contributed by atoms with E-state index in [9.17, 15) is 9.65 Å². The summed E-state index contributed by atoms with van der Waals surface area (Å²) in [4.78, 5) is 4.38. The van der Waals surface area contributed by atoms with Crippen LogP contribution in [0.5, 0.6) is 0 Å². The Kier molecular flexibility index (Phi) is 2.69. The van der Waals surface area contributed by atoms with Crippen molar-refractivity contribution in [2.75, 3.05) is 0 Å². The Morgan fingerprint density at radius 1 is 1.21 bits per heavy atom. The summed E-state index contributed by atoms with van der Waals surface area (Å²) in [7, 11) is 0. The van der Waals surface area contributed by atoms with Crippen molar-refractivity contribution in [3.63, 3.8) is 0 Å². The van der Waals surface area contributed by atoms with Crippen LogP contribution >= 0.6 is 11.6 Å². The maximum Gasteiger partial charge on any atom is 0.152 e. The number of nitrogens with zero attached hydrogens (tertiary/aromatic N) is 3. The molecule has 0 radical (unpaired) electrons. The van der Waals surface area contributed by atoms with Gasteiger partial charge in [0, 0.05) is 22.8 Å². The number of hydrogen-bond acceptors (Lipinski definition) is 2. The molecule has 3 aromatic rings. The maximum absolute atomic E-state index is 12.9. The minimum Gasteiger partial charge on any atom is -0.291 e. The molecule has 0 unspecified atom stereocenters. The van der Waals surface area contributed by atoms with Crippen molar-refractivity contribution in [2.24, 2.45) is 0 Å². The molecular weight excluding hydrogens is 265 g/mol. The number of halogens is 2. The van der Waals surface area contributed by atoms with Gasteiger partial charge in [-0.25, -0.2) is 9.37 Å². The first-order valence-corrected chi connectivity index (χ1v) is 5.90. The molecule has 92 valence electrons. The van der Waals surface area contributed by atoms with E-state index in [1.807, 2.05) is 0 Å². The number of imidazole rings is 1. The van der Waals surface area contributed by atoms with E-state index < -0.39 is 0 Å². The van der Waals surface area contributed by atoms with Gasteiger partial charge in [-0.2, -0.15) is 5.26 Å². The van der Waals surface area contributed by atoms with E-state index in [2.05, 4.69) is 11.1 Å². The maximum atomic E-state index is 12.9. The lowest BCUT2D eigenvalue weighted by Gasteiger charge is -1.97. The Bertz CT molecular complexity index is 800. The zero-order valence-corrected chi connectivity index (χ0v) is 10.4. The summed E-state index contributed by atoms with van der Waals surface area (Å²) in [5.41, 5.74) is 2.20. The number of nitriles is 1. The quantitative estimate of drug-likeness (QED) is 0.678. The molecule has 0 aliphatic carbocycles. The second-order valence-electron chi connectivity index (χ2n) is 4.00. The highest BCUT2D eigenvalue weighted by Gasteiger charge is 2.13. The Morgan fingerprint density at radius 2 is 1.95 bits per heavy atom. The lowest BCUT2D eigenvalue weighted by Crippen LogP contribution is -1.88. The minimum absolute atomic E-state index is 0.325. The molecule has 0 fully saturated rings. The zero-order valence-electron chi connectivity index (χ0n) is 9.64. The van der Waals surface area contributed by atoms with Gasteiger partial charge in [0.15, 0.2) is 5.69 Å². The molecule has 0 saturated heterocycles. The second-order valence-corrected chi connectivity index (χ2v) is 4.44. The monoisotopic (exact) mass is 271 g/mol. The molecular formula is C14H7ClFN3. The third kappa shape index (κ3) is 1.94. The molecule has 3 rings (SSSR count). The van der Waals surface area contributed by atoms with Crippen molar-refractivity contribution >= 4 is 17.2 Å². The SMILES string of the molecule is N#Cc1c(-c2ccc(F)cc2)nc2cc(Cl)ccn12. The molecule has 1 aromatic carbocycles.